The van der Waals surface area contributed by atoms with Crippen LogP contribution >= 0.6 is 0 Å². The zero-order valence-corrected chi connectivity index (χ0v) is 32.4. The molecule has 5 nitrogen and oxygen atoms in total. The van der Waals surface area contributed by atoms with Crippen molar-refractivity contribution in [2.24, 2.45) is 0 Å². The van der Waals surface area contributed by atoms with Gasteiger partial charge in [-0.2, -0.15) is 0 Å². The van der Waals surface area contributed by atoms with Crippen molar-refractivity contribution >= 4 is 32.4 Å². The number of aromatic nitrogens is 5. The Hall–Kier alpha value is -8.15. The molecule has 0 saturated heterocycles. The van der Waals surface area contributed by atoms with Crippen molar-refractivity contribution in [1.82, 2.24) is 24.9 Å². The summed E-state index contributed by atoms with van der Waals surface area (Å²) in [5.74, 6) is 1.38. The highest BCUT2D eigenvalue weighted by Gasteiger charge is 2.18. The molecule has 0 bridgehead atoms. The van der Waals surface area contributed by atoms with Crippen LogP contribution in [0.2, 0.25) is 0 Å². The molecular weight excluding hydrogens is 731 g/mol. The van der Waals surface area contributed by atoms with Crippen LogP contribution in [0.25, 0.3) is 112 Å². The van der Waals surface area contributed by atoms with E-state index in [0.29, 0.717) is 11.6 Å². The second-order valence-corrected chi connectivity index (χ2v) is 14.9. The Morgan fingerprint density at radius 2 is 0.650 bits per heavy atom. The summed E-state index contributed by atoms with van der Waals surface area (Å²) in [6, 6.07) is 73.2. The van der Waals surface area contributed by atoms with Gasteiger partial charge in [-0.3, -0.25) is 0 Å². The fraction of sp³-hybridized carbons (Fsp3) is 0. The number of hydrogen-bond acceptors (Lipinski definition) is 5. The minimum absolute atomic E-state index is 0.684. The van der Waals surface area contributed by atoms with E-state index in [2.05, 4.69) is 133 Å². The zero-order valence-electron chi connectivity index (χ0n) is 32.4. The van der Waals surface area contributed by atoms with Crippen molar-refractivity contribution in [1.29, 1.82) is 0 Å². The van der Waals surface area contributed by atoms with Gasteiger partial charge in [0.05, 0.1) is 34.0 Å². The second-order valence-electron chi connectivity index (χ2n) is 14.9. The summed E-state index contributed by atoms with van der Waals surface area (Å²) in [6.07, 6.45) is 0. The quantitative estimate of drug-likeness (QED) is 0.151. The van der Waals surface area contributed by atoms with Crippen LogP contribution in [-0.4, -0.2) is 24.9 Å². The van der Waals surface area contributed by atoms with E-state index >= 15 is 0 Å². The lowest BCUT2D eigenvalue weighted by Gasteiger charge is -2.15. The Morgan fingerprint density at radius 3 is 1.15 bits per heavy atom. The molecule has 280 valence electrons. The molecule has 0 N–H and O–H groups in total. The molecule has 8 aromatic carbocycles. The predicted octanol–water partition coefficient (Wildman–Crippen LogP) is 13.8. The van der Waals surface area contributed by atoms with Gasteiger partial charge in [-0.25, -0.2) is 24.9 Å². The van der Waals surface area contributed by atoms with E-state index in [9.17, 15) is 0 Å². The molecule has 3 heterocycles. The largest absolute Gasteiger partial charge is 0.247 e. The molecule has 0 atom stereocenters. The molecule has 5 heteroatoms. The number of benzene rings is 8. The van der Waals surface area contributed by atoms with Crippen LogP contribution in [0.5, 0.6) is 0 Å². The highest BCUT2D eigenvalue weighted by atomic mass is 14.9. The Labute approximate surface area is 347 Å². The molecule has 0 fully saturated rings. The van der Waals surface area contributed by atoms with Gasteiger partial charge in [0.25, 0.3) is 0 Å². The van der Waals surface area contributed by atoms with Gasteiger partial charge >= 0.3 is 0 Å². The molecule has 11 rings (SSSR count). The maximum absolute atomic E-state index is 5.48. The molecule has 0 unspecified atom stereocenters. The van der Waals surface area contributed by atoms with Crippen LogP contribution in [0.4, 0.5) is 0 Å². The average molecular weight is 766 g/mol. The first-order chi connectivity index (χ1) is 29.7. The van der Waals surface area contributed by atoms with E-state index in [0.717, 1.165) is 99.9 Å². The Kier molecular flexibility index (Phi) is 8.75. The van der Waals surface area contributed by atoms with E-state index < -0.39 is 0 Å². The Balaban J connectivity index is 1.08. The molecule has 60 heavy (non-hydrogen) atoms. The standard InChI is InChI=1S/C55H35N5/c1-6-16-36(17-7-1)47-34-49(59-54(57-47)39-22-12-4-13-23-39)42-27-29-44-41(32-42)26-31-46-45-30-28-43(33-51(45)56-53(52(44)46)38-20-10-3-11-21-38)50-35-48(37-18-8-2-9-19-37)58-55(60-50)40-24-14-5-15-25-40/h1-35H. The fourth-order valence-electron chi connectivity index (χ4n) is 8.10. The van der Waals surface area contributed by atoms with Crippen molar-refractivity contribution in [3.63, 3.8) is 0 Å². The van der Waals surface area contributed by atoms with Crippen molar-refractivity contribution in [3.8, 4) is 79.1 Å². The minimum Gasteiger partial charge on any atom is -0.247 e. The third kappa shape index (κ3) is 6.54. The van der Waals surface area contributed by atoms with Crippen LogP contribution in [0.1, 0.15) is 0 Å². The van der Waals surface area contributed by atoms with Crippen LogP contribution in [0.3, 0.4) is 0 Å². The molecule has 0 saturated carbocycles. The van der Waals surface area contributed by atoms with Crippen molar-refractivity contribution < 1.29 is 0 Å². The SMILES string of the molecule is c1ccc(-c2cc(-c3ccc4c(ccc5c6ccc(-c7cc(-c8ccccc8)nc(-c8ccccc8)n7)cc6nc(-c6ccccc6)c45)c3)nc(-c3ccccc3)n2)cc1. The van der Waals surface area contributed by atoms with Crippen LogP contribution < -0.4 is 0 Å². The van der Waals surface area contributed by atoms with Gasteiger partial charge in [-0.15, -0.1) is 0 Å². The lowest BCUT2D eigenvalue weighted by atomic mass is 9.93. The van der Waals surface area contributed by atoms with Gasteiger partial charge in [-0.1, -0.05) is 188 Å². The van der Waals surface area contributed by atoms with E-state index in [-0.39, 0.29) is 0 Å². The first-order valence-corrected chi connectivity index (χ1v) is 20.1. The molecule has 3 aromatic heterocycles. The summed E-state index contributed by atoms with van der Waals surface area (Å²) >= 11 is 0. The summed E-state index contributed by atoms with van der Waals surface area (Å²) in [5, 5.41) is 5.57. The monoisotopic (exact) mass is 765 g/mol. The van der Waals surface area contributed by atoms with Crippen LogP contribution in [0, 0.1) is 0 Å². The average Bonchev–Trinajstić information content (AvgIpc) is 3.34. The summed E-state index contributed by atoms with van der Waals surface area (Å²) in [4.78, 5) is 25.7. The summed E-state index contributed by atoms with van der Waals surface area (Å²) in [7, 11) is 0. The second kappa shape index (κ2) is 15.0. The van der Waals surface area contributed by atoms with E-state index in [1.807, 2.05) is 78.9 Å². The molecule has 0 aliphatic heterocycles. The lowest BCUT2D eigenvalue weighted by molar-refractivity contribution is 1.18. The molecule has 0 spiro atoms. The molecular formula is C55H35N5. The van der Waals surface area contributed by atoms with Crippen molar-refractivity contribution in [3.05, 3.63) is 212 Å². The Bertz CT molecular complexity index is 3220. The van der Waals surface area contributed by atoms with Crippen molar-refractivity contribution in [2.75, 3.05) is 0 Å². The summed E-state index contributed by atoms with van der Waals surface area (Å²) < 4.78 is 0. The topological polar surface area (TPSA) is 64.5 Å². The molecule has 0 radical (unpaired) electrons. The van der Waals surface area contributed by atoms with Crippen molar-refractivity contribution in [2.45, 2.75) is 0 Å². The number of hydrogen-bond donors (Lipinski definition) is 0. The highest BCUT2D eigenvalue weighted by molar-refractivity contribution is 6.21. The predicted molar refractivity (Wildman–Crippen MR) is 246 cm³/mol. The number of rotatable bonds is 7. The van der Waals surface area contributed by atoms with E-state index in [1.54, 1.807) is 0 Å². The van der Waals surface area contributed by atoms with Gasteiger partial charge in [0, 0.05) is 49.7 Å². The molecule has 0 aliphatic rings. The zero-order chi connectivity index (χ0) is 39.8. The highest BCUT2D eigenvalue weighted by Crippen LogP contribution is 2.40. The normalized spacial score (nSPS) is 11.3. The lowest BCUT2D eigenvalue weighted by Crippen LogP contribution is -1.97. The van der Waals surface area contributed by atoms with E-state index in [1.165, 1.54) is 0 Å². The number of fused-ring (bicyclic) bond motifs is 5. The first-order valence-electron chi connectivity index (χ1n) is 20.1. The third-order valence-corrected chi connectivity index (χ3v) is 11.1. The van der Waals surface area contributed by atoms with Gasteiger partial charge in [-0.05, 0) is 40.4 Å². The van der Waals surface area contributed by atoms with Gasteiger partial charge in [0.2, 0.25) is 0 Å². The van der Waals surface area contributed by atoms with Gasteiger partial charge < -0.3 is 0 Å². The van der Waals surface area contributed by atoms with Crippen LogP contribution in [-0.2, 0) is 0 Å². The number of pyridine rings is 1. The Morgan fingerprint density at radius 1 is 0.250 bits per heavy atom. The van der Waals surface area contributed by atoms with Gasteiger partial charge in [0.1, 0.15) is 0 Å². The fourth-order valence-corrected chi connectivity index (χ4v) is 8.10. The smallest absolute Gasteiger partial charge is 0.160 e. The summed E-state index contributed by atoms with van der Waals surface area (Å²) in [6.45, 7) is 0. The first kappa shape index (κ1) is 35.0. The maximum atomic E-state index is 5.48. The molecule has 0 amide bonds. The van der Waals surface area contributed by atoms with Crippen LogP contribution in [0.15, 0.2) is 212 Å². The van der Waals surface area contributed by atoms with Gasteiger partial charge in [0.15, 0.2) is 11.6 Å². The van der Waals surface area contributed by atoms with E-state index in [4.69, 9.17) is 24.9 Å². The molecule has 0 aliphatic carbocycles. The molecule has 11 aromatic rings. The maximum Gasteiger partial charge on any atom is 0.160 e. The summed E-state index contributed by atoms with van der Waals surface area (Å²) in [5.41, 5.74) is 12.4. The number of nitrogens with zero attached hydrogens (tertiary/aromatic N) is 5. The minimum atomic E-state index is 0.684. The third-order valence-electron chi connectivity index (χ3n) is 11.1.